The van der Waals surface area contributed by atoms with Gasteiger partial charge in [0.15, 0.2) is 16.6 Å². The number of thiazole rings is 1. The van der Waals surface area contributed by atoms with Gasteiger partial charge in [0.1, 0.15) is 12.4 Å². The summed E-state index contributed by atoms with van der Waals surface area (Å²) in [5.74, 6) is 1.73. The Labute approximate surface area is 202 Å². The van der Waals surface area contributed by atoms with Crippen LogP contribution in [0.4, 0.5) is 5.13 Å². The molecule has 0 atom stereocenters. The second-order valence-corrected chi connectivity index (χ2v) is 8.14. The molecule has 3 aromatic carbocycles. The van der Waals surface area contributed by atoms with Crippen LogP contribution >= 0.6 is 11.3 Å². The Bertz CT molecular complexity index is 1280. The molecular formula is C27H24N2O4S. The molecular weight excluding hydrogens is 448 g/mol. The van der Waals surface area contributed by atoms with Crippen molar-refractivity contribution in [2.75, 3.05) is 19.5 Å². The zero-order valence-electron chi connectivity index (χ0n) is 18.9. The molecule has 0 radical (unpaired) electrons. The minimum Gasteiger partial charge on any atom is -0.497 e. The molecule has 0 unspecified atom stereocenters. The summed E-state index contributed by atoms with van der Waals surface area (Å²) in [6.45, 7) is 0.445. The lowest BCUT2D eigenvalue weighted by Crippen LogP contribution is -2.07. The Balaban J connectivity index is 1.37. The van der Waals surface area contributed by atoms with Gasteiger partial charge in [-0.1, -0.05) is 48.5 Å². The van der Waals surface area contributed by atoms with Crippen molar-refractivity contribution in [1.29, 1.82) is 0 Å². The van der Waals surface area contributed by atoms with Crippen molar-refractivity contribution in [3.63, 3.8) is 0 Å². The quantitative estimate of drug-likeness (QED) is 0.300. The molecule has 34 heavy (non-hydrogen) atoms. The number of hydrogen-bond donors (Lipinski definition) is 1. The normalized spacial score (nSPS) is 10.8. The number of carbonyl (C=O) groups excluding carboxylic acids is 1. The van der Waals surface area contributed by atoms with Crippen molar-refractivity contribution >= 4 is 28.5 Å². The van der Waals surface area contributed by atoms with Gasteiger partial charge in [-0.15, -0.1) is 11.3 Å². The molecule has 1 heterocycles. The lowest BCUT2D eigenvalue weighted by atomic mass is 10.2. The molecule has 4 aromatic rings. The minimum atomic E-state index is -0.269. The van der Waals surface area contributed by atoms with Crippen molar-refractivity contribution in [3.8, 4) is 28.5 Å². The van der Waals surface area contributed by atoms with E-state index in [0.29, 0.717) is 23.2 Å². The van der Waals surface area contributed by atoms with E-state index in [-0.39, 0.29) is 5.91 Å². The highest BCUT2D eigenvalue weighted by Gasteiger charge is 2.08. The first-order chi connectivity index (χ1) is 16.6. The number of methoxy groups -OCH3 is 2. The summed E-state index contributed by atoms with van der Waals surface area (Å²) in [5.41, 5.74) is 3.59. The summed E-state index contributed by atoms with van der Waals surface area (Å²) in [7, 11) is 3.21. The maximum absolute atomic E-state index is 12.4. The van der Waals surface area contributed by atoms with Gasteiger partial charge >= 0.3 is 0 Å². The molecule has 0 fully saturated rings. The number of nitrogens with one attached hydrogen (secondary N) is 1. The SMILES string of the molecule is COc1cccc(-c2csc(NC(=O)/C=C/c3ccc(OCc4ccccc4)c(OC)c3)n2)c1. The lowest BCUT2D eigenvalue weighted by molar-refractivity contribution is -0.111. The second kappa shape index (κ2) is 11.2. The Morgan fingerprint density at radius 3 is 2.62 bits per heavy atom. The molecule has 0 aliphatic heterocycles. The smallest absolute Gasteiger partial charge is 0.250 e. The number of nitrogens with zero attached hydrogens (tertiary/aromatic N) is 1. The summed E-state index contributed by atoms with van der Waals surface area (Å²) in [6, 6.07) is 23.1. The predicted octanol–water partition coefficient (Wildman–Crippen LogP) is 6.06. The summed E-state index contributed by atoms with van der Waals surface area (Å²) >= 11 is 1.37. The summed E-state index contributed by atoms with van der Waals surface area (Å²) < 4.78 is 16.6. The highest BCUT2D eigenvalue weighted by molar-refractivity contribution is 7.14. The number of rotatable bonds is 9. The zero-order chi connectivity index (χ0) is 23.8. The summed E-state index contributed by atoms with van der Waals surface area (Å²) in [5, 5.41) is 5.22. The van der Waals surface area contributed by atoms with Crippen molar-refractivity contribution < 1.29 is 19.0 Å². The standard InChI is InChI=1S/C27H24N2O4S/c1-31-22-10-6-9-21(16-22)23-18-34-27(28-23)29-26(30)14-12-19-11-13-24(25(15-19)32-2)33-17-20-7-4-3-5-8-20/h3-16,18H,17H2,1-2H3,(H,28,29,30)/b14-12+. The van der Waals surface area contributed by atoms with Gasteiger partial charge in [-0.25, -0.2) is 4.98 Å². The van der Waals surface area contributed by atoms with Crippen LogP contribution in [-0.2, 0) is 11.4 Å². The molecule has 4 rings (SSSR count). The van der Waals surface area contributed by atoms with Crippen molar-refractivity contribution in [1.82, 2.24) is 4.98 Å². The average molecular weight is 473 g/mol. The molecule has 0 aliphatic rings. The highest BCUT2D eigenvalue weighted by atomic mass is 32.1. The van der Waals surface area contributed by atoms with Crippen LogP contribution in [0.3, 0.4) is 0 Å². The highest BCUT2D eigenvalue weighted by Crippen LogP contribution is 2.30. The molecule has 1 N–H and O–H groups in total. The van der Waals surface area contributed by atoms with Gasteiger partial charge in [-0.05, 0) is 41.5 Å². The van der Waals surface area contributed by atoms with E-state index in [1.54, 1.807) is 20.3 Å². The van der Waals surface area contributed by atoms with Crippen molar-refractivity contribution in [2.45, 2.75) is 6.61 Å². The molecule has 0 saturated carbocycles. The van der Waals surface area contributed by atoms with Gasteiger partial charge in [0, 0.05) is 17.0 Å². The topological polar surface area (TPSA) is 69.7 Å². The number of aromatic nitrogens is 1. The van der Waals surface area contributed by atoms with Crippen LogP contribution in [0.15, 0.2) is 84.3 Å². The van der Waals surface area contributed by atoms with E-state index in [9.17, 15) is 4.79 Å². The van der Waals surface area contributed by atoms with Gasteiger partial charge in [0.25, 0.3) is 0 Å². The van der Waals surface area contributed by atoms with Gasteiger partial charge in [-0.3, -0.25) is 10.1 Å². The third-order valence-electron chi connectivity index (χ3n) is 4.95. The van der Waals surface area contributed by atoms with E-state index >= 15 is 0 Å². The van der Waals surface area contributed by atoms with Gasteiger partial charge in [0.2, 0.25) is 5.91 Å². The number of hydrogen-bond acceptors (Lipinski definition) is 6. The Morgan fingerprint density at radius 2 is 1.82 bits per heavy atom. The van der Waals surface area contributed by atoms with Crippen LogP contribution in [0.5, 0.6) is 17.2 Å². The Morgan fingerprint density at radius 1 is 0.971 bits per heavy atom. The maximum Gasteiger partial charge on any atom is 0.250 e. The van der Waals surface area contributed by atoms with E-state index in [2.05, 4.69) is 10.3 Å². The van der Waals surface area contributed by atoms with E-state index in [1.807, 2.05) is 78.2 Å². The molecule has 0 bridgehead atoms. The Kier molecular flexibility index (Phi) is 7.57. The Hall–Kier alpha value is -4.10. The molecule has 0 aliphatic carbocycles. The third-order valence-corrected chi connectivity index (χ3v) is 5.71. The number of benzene rings is 3. The van der Waals surface area contributed by atoms with Gasteiger partial charge in [0.05, 0.1) is 19.9 Å². The lowest BCUT2D eigenvalue weighted by Gasteiger charge is -2.11. The third kappa shape index (κ3) is 6.02. The van der Waals surface area contributed by atoms with E-state index in [0.717, 1.165) is 28.1 Å². The fourth-order valence-electron chi connectivity index (χ4n) is 3.21. The molecule has 7 heteroatoms. The van der Waals surface area contributed by atoms with Crippen molar-refractivity contribution in [2.24, 2.45) is 0 Å². The first-order valence-electron chi connectivity index (χ1n) is 10.6. The number of anilines is 1. The van der Waals surface area contributed by atoms with Crippen LogP contribution in [0, 0.1) is 0 Å². The van der Waals surface area contributed by atoms with Gasteiger partial charge < -0.3 is 14.2 Å². The van der Waals surface area contributed by atoms with E-state index < -0.39 is 0 Å². The van der Waals surface area contributed by atoms with Crippen molar-refractivity contribution in [3.05, 3.63) is 95.4 Å². The first-order valence-corrected chi connectivity index (χ1v) is 11.5. The average Bonchev–Trinajstić information content (AvgIpc) is 3.35. The largest absolute Gasteiger partial charge is 0.497 e. The summed E-state index contributed by atoms with van der Waals surface area (Å²) in [4.78, 5) is 16.9. The molecule has 0 saturated heterocycles. The second-order valence-electron chi connectivity index (χ2n) is 7.28. The molecule has 172 valence electrons. The maximum atomic E-state index is 12.4. The van der Waals surface area contributed by atoms with E-state index in [1.165, 1.54) is 17.4 Å². The van der Waals surface area contributed by atoms with Crippen LogP contribution in [-0.4, -0.2) is 25.1 Å². The van der Waals surface area contributed by atoms with Crippen LogP contribution < -0.4 is 19.5 Å². The van der Waals surface area contributed by atoms with E-state index in [4.69, 9.17) is 14.2 Å². The summed E-state index contributed by atoms with van der Waals surface area (Å²) in [6.07, 6.45) is 3.18. The molecule has 6 nitrogen and oxygen atoms in total. The van der Waals surface area contributed by atoms with Crippen LogP contribution in [0.25, 0.3) is 17.3 Å². The molecule has 1 aromatic heterocycles. The zero-order valence-corrected chi connectivity index (χ0v) is 19.7. The monoisotopic (exact) mass is 472 g/mol. The van der Waals surface area contributed by atoms with Crippen LogP contribution in [0.1, 0.15) is 11.1 Å². The van der Waals surface area contributed by atoms with Crippen LogP contribution in [0.2, 0.25) is 0 Å². The fourth-order valence-corrected chi connectivity index (χ4v) is 3.93. The number of amides is 1. The fraction of sp³-hybridized carbons (Fsp3) is 0.111. The minimum absolute atomic E-state index is 0.269. The van der Waals surface area contributed by atoms with Gasteiger partial charge in [-0.2, -0.15) is 0 Å². The molecule has 0 spiro atoms. The first kappa shape index (κ1) is 23.1. The number of carbonyl (C=O) groups is 1. The predicted molar refractivity (Wildman–Crippen MR) is 136 cm³/mol. The number of ether oxygens (including phenoxy) is 3. The molecule has 1 amide bonds.